The van der Waals surface area contributed by atoms with Gasteiger partial charge in [0.1, 0.15) is 11.6 Å². The summed E-state index contributed by atoms with van der Waals surface area (Å²) >= 11 is 0. The third-order valence-corrected chi connectivity index (χ3v) is 3.51. The molecule has 0 aliphatic carbocycles. The SMILES string of the molecule is Fc1ccc(CNc2ncccc2N2CCOCC2)cc1. The van der Waals surface area contributed by atoms with Crippen LogP contribution in [-0.2, 0) is 11.3 Å². The van der Waals surface area contributed by atoms with E-state index in [9.17, 15) is 4.39 Å². The molecule has 110 valence electrons. The molecule has 0 bridgehead atoms. The van der Waals surface area contributed by atoms with Gasteiger partial charge < -0.3 is 15.0 Å². The Morgan fingerprint density at radius 1 is 1.14 bits per heavy atom. The number of ether oxygens (including phenoxy) is 1. The van der Waals surface area contributed by atoms with E-state index in [2.05, 4.69) is 21.3 Å². The molecule has 21 heavy (non-hydrogen) atoms. The largest absolute Gasteiger partial charge is 0.378 e. The summed E-state index contributed by atoms with van der Waals surface area (Å²) in [5, 5.41) is 3.33. The Kier molecular flexibility index (Phi) is 4.31. The van der Waals surface area contributed by atoms with Crippen molar-refractivity contribution in [1.82, 2.24) is 4.98 Å². The molecular formula is C16H18FN3O. The Hall–Kier alpha value is -2.14. The zero-order valence-electron chi connectivity index (χ0n) is 11.8. The minimum atomic E-state index is -0.217. The molecule has 1 N–H and O–H groups in total. The molecule has 1 fully saturated rings. The lowest BCUT2D eigenvalue weighted by Gasteiger charge is -2.30. The fourth-order valence-corrected chi connectivity index (χ4v) is 2.38. The molecule has 2 aromatic rings. The minimum Gasteiger partial charge on any atom is -0.378 e. The number of nitrogens with zero attached hydrogens (tertiary/aromatic N) is 2. The number of halogens is 1. The van der Waals surface area contributed by atoms with Crippen LogP contribution in [0.3, 0.4) is 0 Å². The lowest BCUT2D eigenvalue weighted by atomic mass is 10.2. The summed E-state index contributed by atoms with van der Waals surface area (Å²) < 4.78 is 18.3. The number of hydrogen-bond acceptors (Lipinski definition) is 4. The molecule has 0 amide bonds. The summed E-state index contributed by atoms with van der Waals surface area (Å²) in [5.74, 6) is 0.634. The average Bonchev–Trinajstić information content (AvgIpc) is 2.55. The molecular weight excluding hydrogens is 269 g/mol. The first kappa shape index (κ1) is 13.8. The van der Waals surface area contributed by atoms with Crippen LogP contribution in [0.4, 0.5) is 15.9 Å². The second-order valence-electron chi connectivity index (χ2n) is 4.95. The Morgan fingerprint density at radius 2 is 1.90 bits per heavy atom. The van der Waals surface area contributed by atoms with Crippen molar-refractivity contribution in [1.29, 1.82) is 0 Å². The van der Waals surface area contributed by atoms with Crippen LogP contribution in [-0.4, -0.2) is 31.3 Å². The van der Waals surface area contributed by atoms with Crippen molar-refractivity contribution in [2.45, 2.75) is 6.54 Å². The Morgan fingerprint density at radius 3 is 2.67 bits per heavy atom. The third-order valence-electron chi connectivity index (χ3n) is 3.51. The lowest BCUT2D eigenvalue weighted by molar-refractivity contribution is 0.122. The van der Waals surface area contributed by atoms with Crippen LogP contribution in [0.25, 0.3) is 0 Å². The van der Waals surface area contributed by atoms with Crippen molar-refractivity contribution >= 4 is 11.5 Å². The summed E-state index contributed by atoms with van der Waals surface area (Å²) in [5.41, 5.74) is 2.11. The molecule has 2 heterocycles. The van der Waals surface area contributed by atoms with E-state index in [0.717, 1.165) is 43.4 Å². The van der Waals surface area contributed by atoms with Gasteiger partial charge in [0.15, 0.2) is 0 Å². The van der Waals surface area contributed by atoms with Crippen molar-refractivity contribution in [3.8, 4) is 0 Å². The number of aromatic nitrogens is 1. The van der Waals surface area contributed by atoms with Gasteiger partial charge in [-0.2, -0.15) is 0 Å². The van der Waals surface area contributed by atoms with Crippen LogP contribution in [0.15, 0.2) is 42.6 Å². The van der Waals surface area contributed by atoms with Gasteiger partial charge in [0.05, 0.1) is 18.9 Å². The number of nitrogens with one attached hydrogen (secondary N) is 1. The molecule has 0 radical (unpaired) electrons. The zero-order chi connectivity index (χ0) is 14.5. The maximum absolute atomic E-state index is 12.9. The predicted molar refractivity (Wildman–Crippen MR) is 81.0 cm³/mol. The summed E-state index contributed by atoms with van der Waals surface area (Å²) in [6.45, 7) is 3.85. The van der Waals surface area contributed by atoms with Crippen molar-refractivity contribution in [2.75, 3.05) is 36.5 Å². The number of rotatable bonds is 4. The van der Waals surface area contributed by atoms with Gasteiger partial charge in [-0.3, -0.25) is 0 Å². The van der Waals surface area contributed by atoms with E-state index in [-0.39, 0.29) is 5.82 Å². The van der Waals surface area contributed by atoms with Crippen molar-refractivity contribution in [3.05, 3.63) is 54.0 Å². The number of hydrogen-bond donors (Lipinski definition) is 1. The van der Waals surface area contributed by atoms with E-state index < -0.39 is 0 Å². The molecule has 0 saturated carbocycles. The molecule has 1 aromatic heterocycles. The molecule has 1 aromatic carbocycles. The summed E-state index contributed by atoms with van der Waals surface area (Å²) in [7, 11) is 0. The molecule has 3 rings (SSSR count). The first-order chi connectivity index (χ1) is 10.3. The Bertz CT molecular complexity index is 582. The van der Waals surface area contributed by atoms with Gasteiger partial charge in [-0.1, -0.05) is 12.1 Å². The molecule has 0 spiro atoms. The van der Waals surface area contributed by atoms with Gasteiger partial charge in [0, 0.05) is 25.8 Å². The Balaban J connectivity index is 1.71. The highest BCUT2D eigenvalue weighted by atomic mass is 19.1. The van der Waals surface area contributed by atoms with Crippen LogP contribution in [0.2, 0.25) is 0 Å². The highest BCUT2D eigenvalue weighted by Gasteiger charge is 2.15. The second-order valence-corrected chi connectivity index (χ2v) is 4.95. The van der Waals surface area contributed by atoms with Crippen molar-refractivity contribution < 1.29 is 9.13 Å². The highest BCUT2D eigenvalue weighted by Crippen LogP contribution is 2.24. The van der Waals surface area contributed by atoms with Crippen LogP contribution < -0.4 is 10.2 Å². The Labute approximate surface area is 123 Å². The van der Waals surface area contributed by atoms with E-state index in [4.69, 9.17) is 4.74 Å². The normalized spacial score (nSPS) is 15.0. The maximum atomic E-state index is 12.9. The molecule has 0 atom stereocenters. The molecule has 4 nitrogen and oxygen atoms in total. The molecule has 1 aliphatic rings. The first-order valence-electron chi connectivity index (χ1n) is 7.09. The lowest BCUT2D eigenvalue weighted by Crippen LogP contribution is -2.36. The molecule has 5 heteroatoms. The number of anilines is 2. The van der Waals surface area contributed by atoms with Crippen LogP contribution >= 0.6 is 0 Å². The third kappa shape index (κ3) is 3.49. The standard InChI is InChI=1S/C16H18FN3O/c17-14-5-3-13(4-6-14)12-19-16-15(2-1-7-18-16)20-8-10-21-11-9-20/h1-7H,8-12H2,(H,18,19). The van der Waals surface area contributed by atoms with E-state index >= 15 is 0 Å². The zero-order valence-corrected chi connectivity index (χ0v) is 11.8. The van der Waals surface area contributed by atoms with Gasteiger partial charge in [-0.05, 0) is 29.8 Å². The predicted octanol–water partition coefficient (Wildman–Crippen LogP) is 2.67. The molecule has 0 unspecified atom stereocenters. The van der Waals surface area contributed by atoms with Gasteiger partial charge in [0.25, 0.3) is 0 Å². The van der Waals surface area contributed by atoms with E-state index in [1.807, 2.05) is 6.07 Å². The van der Waals surface area contributed by atoms with E-state index in [0.29, 0.717) is 6.54 Å². The van der Waals surface area contributed by atoms with Crippen LogP contribution in [0.1, 0.15) is 5.56 Å². The summed E-state index contributed by atoms with van der Waals surface area (Å²) in [6.07, 6.45) is 1.77. The minimum absolute atomic E-state index is 0.217. The second kappa shape index (κ2) is 6.54. The summed E-state index contributed by atoms with van der Waals surface area (Å²) in [6, 6.07) is 10.5. The number of pyridine rings is 1. The highest BCUT2D eigenvalue weighted by molar-refractivity contribution is 5.65. The van der Waals surface area contributed by atoms with E-state index in [1.165, 1.54) is 12.1 Å². The fraction of sp³-hybridized carbons (Fsp3) is 0.312. The van der Waals surface area contributed by atoms with Crippen LogP contribution in [0, 0.1) is 5.82 Å². The van der Waals surface area contributed by atoms with E-state index in [1.54, 1.807) is 18.3 Å². The molecule has 1 aliphatic heterocycles. The molecule has 1 saturated heterocycles. The van der Waals surface area contributed by atoms with Crippen molar-refractivity contribution in [2.24, 2.45) is 0 Å². The van der Waals surface area contributed by atoms with Gasteiger partial charge >= 0.3 is 0 Å². The first-order valence-corrected chi connectivity index (χ1v) is 7.09. The maximum Gasteiger partial charge on any atom is 0.149 e. The number of morpholine rings is 1. The smallest absolute Gasteiger partial charge is 0.149 e. The van der Waals surface area contributed by atoms with Crippen LogP contribution in [0.5, 0.6) is 0 Å². The van der Waals surface area contributed by atoms with Gasteiger partial charge in [-0.15, -0.1) is 0 Å². The average molecular weight is 287 g/mol. The monoisotopic (exact) mass is 287 g/mol. The van der Waals surface area contributed by atoms with Crippen molar-refractivity contribution in [3.63, 3.8) is 0 Å². The summed E-state index contributed by atoms with van der Waals surface area (Å²) in [4.78, 5) is 6.69. The number of benzene rings is 1. The fourth-order valence-electron chi connectivity index (χ4n) is 2.38. The topological polar surface area (TPSA) is 37.4 Å². The quantitative estimate of drug-likeness (QED) is 0.938. The van der Waals surface area contributed by atoms with Gasteiger partial charge in [0.2, 0.25) is 0 Å². The van der Waals surface area contributed by atoms with Gasteiger partial charge in [-0.25, -0.2) is 9.37 Å².